The van der Waals surface area contributed by atoms with E-state index in [0.717, 1.165) is 32.2 Å². The van der Waals surface area contributed by atoms with E-state index in [1.807, 2.05) is 11.3 Å². The Morgan fingerprint density at radius 1 is 1.09 bits per heavy atom. The van der Waals surface area contributed by atoms with Gasteiger partial charge in [0.1, 0.15) is 0 Å². The van der Waals surface area contributed by atoms with E-state index in [2.05, 4.69) is 29.3 Å². The molecule has 2 aliphatic rings. The van der Waals surface area contributed by atoms with Crippen molar-refractivity contribution in [3.05, 3.63) is 21.9 Å². The van der Waals surface area contributed by atoms with E-state index in [1.54, 1.807) is 0 Å². The summed E-state index contributed by atoms with van der Waals surface area (Å²) in [5, 5.41) is 3.31. The predicted molar refractivity (Wildman–Crippen MR) is 92.4 cm³/mol. The molecule has 2 fully saturated rings. The fourth-order valence-electron chi connectivity index (χ4n) is 3.78. The van der Waals surface area contributed by atoms with Gasteiger partial charge in [0, 0.05) is 22.3 Å². The average molecular weight is 321 g/mol. The zero-order chi connectivity index (χ0) is 15.4. The zero-order valence-electron chi connectivity index (χ0n) is 13.6. The van der Waals surface area contributed by atoms with Crippen molar-refractivity contribution < 1.29 is 4.79 Å². The zero-order valence-corrected chi connectivity index (χ0v) is 14.5. The minimum atomic E-state index is 0.171. The minimum absolute atomic E-state index is 0.171. The molecule has 1 N–H and O–H groups in total. The number of carbonyl (C=O) groups is 1. The molecule has 1 aromatic heterocycles. The van der Waals surface area contributed by atoms with Crippen LogP contribution in [0.5, 0.6) is 0 Å². The second kappa shape index (κ2) is 7.49. The van der Waals surface area contributed by atoms with Gasteiger partial charge in [-0.3, -0.25) is 0 Å². The predicted octanol–water partition coefficient (Wildman–Crippen LogP) is 5.02. The van der Waals surface area contributed by atoms with Gasteiger partial charge in [0.05, 0.1) is 6.04 Å². The first kappa shape index (κ1) is 15.9. The maximum atomic E-state index is 12.8. The summed E-state index contributed by atoms with van der Waals surface area (Å²) >= 11 is 1.85. The quantitative estimate of drug-likeness (QED) is 0.815. The van der Waals surface area contributed by atoms with Gasteiger partial charge in [-0.05, 0) is 44.7 Å². The van der Waals surface area contributed by atoms with Crippen LogP contribution < -0.4 is 5.32 Å². The van der Waals surface area contributed by atoms with E-state index in [0.29, 0.717) is 6.04 Å². The van der Waals surface area contributed by atoms with Crippen molar-refractivity contribution >= 4 is 17.4 Å². The summed E-state index contributed by atoms with van der Waals surface area (Å²) in [5.41, 5.74) is 0. The number of urea groups is 1. The Morgan fingerprint density at radius 3 is 2.55 bits per heavy atom. The smallest absolute Gasteiger partial charge is 0.318 e. The summed E-state index contributed by atoms with van der Waals surface area (Å²) in [6.45, 7) is 3.05. The third-order valence-electron chi connectivity index (χ3n) is 5.04. The molecule has 1 aromatic rings. The third-order valence-corrected chi connectivity index (χ3v) is 6.14. The van der Waals surface area contributed by atoms with Crippen molar-refractivity contribution in [2.75, 3.05) is 6.54 Å². The fourth-order valence-corrected chi connectivity index (χ4v) is 4.81. The van der Waals surface area contributed by atoms with Crippen LogP contribution in [0.15, 0.2) is 12.1 Å². The molecule has 122 valence electrons. The first-order valence-corrected chi connectivity index (χ1v) is 9.69. The molecule has 0 unspecified atom stereocenters. The van der Waals surface area contributed by atoms with E-state index < -0.39 is 0 Å². The molecule has 1 aliphatic carbocycles. The number of hydrogen-bond donors (Lipinski definition) is 1. The lowest BCUT2D eigenvalue weighted by Crippen LogP contribution is -2.46. The number of hydrogen-bond acceptors (Lipinski definition) is 2. The molecule has 3 nitrogen and oxygen atoms in total. The van der Waals surface area contributed by atoms with Crippen LogP contribution in [0.4, 0.5) is 4.79 Å². The van der Waals surface area contributed by atoms with Crippen molar-refractivity contribution in [3.63, 3.8) is 0 Å². The van der Waals surface area contributed by atoms with E-state index in [9.17, 15) is 4.79 Å². The van der Waals surface area contributed by atoms with Gasteiger partial charge in [0.15, 0.2) is 0 Å². The highest BCUT2D eigenvalue weighted by Crippen LogP contribution is 2.34. The van der Waals surface area contributed by atoms with Crippen LogP contribution >= 0.6 is 11.3 Å². The van der Waals surface area contributed by atoms with Crippen LogP contribution in [0.2, 0.25) is 0 Å². The van der Waals surface area contributed by atoms with Gasteiger partial charge in [0.25, 0.3) is 0 Å². The summed E-state index contributed by atoms with van der Waals surface area (Å²) in [4.78, 5) is 17.6. The molecule has 4 heteroatoms. The van der Waals surface area contributed by atoms with Crippen molar-refractivity contribution in [2.24, 2.45) is 0 Å². The number of thiophene rings is 1. The van der Waals surface area contributed by atoms with E-state index >= 15 is 0 Å². The highest BCUT2D eigenvalue weighted by atomic mass is 32.1. The number of nitrogens with one attached hydrogen (secondary N) is 1. The molecule has 0 bridgehead atoms. The van der Waals surface area contributed by atoms with Crippen LogP contribution in [-0.2, 0) is 0 Å². The Morgan fingerprint density at radius 2 is 1.82 bits per heavy atom. The van der Waals surface area contributed by atoms with Gasteiger partial charge in [-0.2, -0.15) is 0 Å². The lowest BCUT2D eigenvalue weighted by atomic mass is 9.96. The highest BCUT2D eigenvalue weighted by Gasteiger charge is 2.29. The number of nitrogens with zero attached hydrogens (tertiary/aromatic N) is 1. The molecule has 0 aromatic carbocycles. The van der Waals surface area contributed by atoms with Crippen molar-refractivity contribution in [1.82, 2.24) is 10.2 Å². The largest absolute Gasteiger partial charge is 0.335 e. The second-order valence-corrected chi connectivity index (χ2v) is 8.11. The number of amides is 2. The maximum absolute atomic E-state index is 12.8. The molecule has 0 spiro atoms. The molecular weight excluding hydrogens is 292 g/mol. The van der Waals surface area contributed by atoms with Crippen LogP contribution in [0.3, 0.4) is 0 Å². The molecule has 1 aliphatic heterocycles. The number of likely N-dealkylation sites (tertiary alicyclic amines) is 1. The third kappa shape index (κ3) is 3.83. The molecule has 22 heavy (non-hydrogen) atoms. The normalized spacial score (nSPS) is 24.0. The van der Waals surface area contributed by atoms with Gasteiger partial charge in [-0.15, -0.1) is 11.3 Å². The van der Waals surface area contributed by atoms with E-state index in [-0.39, 0.29) is 12.1 Å². The van der Waals surface area contributed by atoms with Crippen molar-refractivity contribution in [2.45, 2.75) is 76.8 Å². The van der Waals surface area contributed by atoms with Crippen LogP contribution in [0.25, 0.3) is 0 Å². The molecule has 3 rings (SSSR count). The van der Waals surface area contributed by atoms with Gasteiger partial charge < -0.3 is 10.2 Å². The Balaban J connectivity index is 1.70. The van der Waals surface area contributed by atoms with Gasteiger partial charge in [-0.25, -0.2) is 4.79 Å². The van der Waals surface area contributed by atoms with Gasteiger partial charge in [0.2, 0.25) is 0 Å². The Labute approximate surface area is 138 Å². The molecule has 2 heterocycles. The lowest BCUT2D eigenvalue weighted by molar-refractivity contribution is 0.170. The highest BCUT2D eigenvalue weighted by molar-refractivity contribution is 7.12. The Kier molecular flexibility index (Phi) is 5.40. The van der Waals surface area contributed by atoms with Gasteiger partial charge in [-0.1, -0.05) is 32.1 Å². The van der Waals surface area contributed by atoms with Crippen LogP contribution in [0, 0.1) is 6.92 Å². The molecular formula is C18H28N2OS. The maximum Gasteiger partial charge on any atom is 0.318 e. The van der Waals surface area contributed by atoms with Crippen molar-refractivity contribution in [3.8, 4) is 0 Å². The van der Waals surface area contributed by atoms with Crippen LogP contribution in [0.1, 0.15) is 73.6 Å². The lowest BCUT2D eigenvalue weighted by Gasteiger charge is -2.32. The van der Waals surface area contributed by atoms with E-state index in [1.165, 1.54) is 41.9 Å². The van der Waals surface area contributed by atoms with Crippen LogP contribution in [-0.4, -0.2) is 23.5 Å². The molecule has 1 atom stereocenters. The summed E-state index contributed by atoms with van der Waals surface area (Å²) in [6, 6.07) is 5.25. The Hall–Kier alpha value is -1.03. The average Bonchev–Trinajstić information content (AvgIpc) is 2.81. The summed E-state index contributed by atoms with van der Waals surface area (Å²) in [7, 11) is 0. The number of rotatable bonds is 2. The van der Waals surface area contributed by atoms with E-state index in [4.69, 9.17) is 0 Å². The second-order valence-electron chi connectivity index (χ2n) is 6.79. The summed E-state index contributed by atoms with van der Waals surface area (Å²) < 4.78 is 0. The van der Waals surface area contributed by atoms with Crippen molar-refractivity contribution in [1.29, 1.82) is 0 Å². The summed E-state index contributed by atoms with van der Waals surface area (Å²) in [5.74, 6) is 0. The standard InChI is InChI=1S/C18H28N2OS/c1-14-11-12-17(22-14)16-10-6-3-7-13-20(16)18(21)19-15-8-4-2-5-9-15/h11-12,15-16H,2-10,13H2,1H3,(H,19,21)/t16-/m1/s1. The molecule has 0 radical (unpaired) electrons. The van der Waals surface area contributed by atoms with Gasteiger partial charge >= 0.3 is 6.03 Å². The number of aryl methyl sites for hydroxylation is 1. The molecule has 2 amide bonds. The summed E-state index contributed by atoms with van der Waals surface area (Å²) in [6.07, 6.45) is 10.9. The Bertz CT molecular complexity index is 493. The fraction of sp³-hybridized carbons (Fsp3) is 0.722. The first-order chi connectivity index (χ1) is 10.7. The minimum Gasteiger partial charge on any atom is -0.335 e. The molecule has 1 saturated heterocycles. The monoisotopic (exact) mass is 320 g/mol. The SMILES string of the molecule is Cc1ccc([C@H]2CCCCCN2C(=O)NC2CCCCC2)s1. The first-order valence-electron chi connectivity index (χ1n) is 8.87. The molecule has 1 saturated carbocycles. The topological polar surface area (TPSA) is 32.3 Å². The number of carbonyl (C=O) groups excluding carboxylic acids is 1.